The number of rotatable bonds is 10. The summed E-state index contributed by atoms with van der Waals surface area (Å²) in [6, 6.07) is 1.70. The van der Waals surface area contributed by atoms with Crippen LogP contribution in [0.1, 0.15) is 90.4 Å². The van der Waals surface area contributed by atoms with Crippen LogP contribution in [0.2, 0.25) is 0 Å². The van der Waals surface area contributed by atoms with Crippen molar-refractivity contribution >= 4 is 5.78 Å². The Morgan fingerprint density at radius 1 is 0.800 bits per heavy atom. The van der Waals surface area contributed by atoms with Crippen LogP contribution in [0.15, 0.2) is 28.4 Å². The molecule has 4 heterocycles. The van der Waals surface area contributed by atoms with E-state index >= 15 is 0 Å². The molecule has 3 aliphatic heterocycles. The van der Waals surface area contributed by atoms with E-state index in [4.69, 9.17) is 47.0 Å². The molecule has 7 rings (SSSR count). The summed E-state index contributed by atoms with van der Waals surface area (Å²) in [5, 5.41) is 33.6. The Balaban J connectivity index is 0.949. The van der Waals surface area contributed by atoms with Crippen molar-refractivity contribution < 1.29 is 67.2 Å². The molecule has 3 saturated heterocycles. The van der Waals surface area contributed by atoms with E-state index < -0.39 is 84.8 Å². The van der Waals surface area contributed by atoms with Crippen molar-refractivity contribution in [2.45, 2.75) is 178 Å². The van der Waals surface area contributed by atoms with Gasteiger partial charge in [0.15, 0.2) is 30.3 Å². The van der Waals surface area contributed by atoms with Gasteiger partial charge in [-0.2, -0.15) is 0 Å². The number of Topliss-reactive ketones (excluding diaryl/α,β-unsaturated/α-hetero) is 1. The second-order valence-corrected chi connectivity index (χ2v) is 16.9. The van der Waals surface area contributed by atoms with Crippen molar-refractivity contribution in [2.75, 3.05) is 21.3 Å². The standard InChI is InChI=1S/C41H62O14/c1-20-26(12-14-49-20)41(45)13-11-27-25(39(41)44)10-9-24-15-29(28(42)19-40(24,27)5)53-33-17-31(47-7)37(22(3)51-33)55-35-18-32(48-8)38(23(4)52-35)54-34-16-30(46-6)36(43)21(2)50-34/h9,12,14,21-23,25,27-38,42-43,45H,10-11,13,15-19H2,1-8H3/t21-,22-,23+,25-,27+,28-,29+,30+,31+,32+,33+,34+,35+,36-,37+,38+,40-,41+/m1/s1. The number of fused-ring (bicyclic) bond motifs is 3. The average Bonchev–Trinajstić information content (AvgIpc) is 3.59. The van der Waals surface area contributed by atoms with Crippen LogP contribution in [0, 0.1) is 24.2 Å². The van der Waals surface area contributed by atoms with E-state index in [9.17, 15) is 20.1 Å². The maximum absolute atomic E-state index is 13.9. The van der Waals surface area contributed by atoms with Gasteiger partial charge in [-0.05, 0) is 77.2 Å². The number of carbonyl (C=O) groups is 1. The van der Waals surface area contributed by atoms with Crippen LogP contribution in [0.3, 0.4) is 0 Å². The first-order chi connectivity index (χ1) is 26.2. The molecule has 0 spiro atoms. The van der Waals surface area contributed by atoms with Crippen molar-refractivity contribution in [3.63, 3.8) is 0 Å². The third kappa shape index (κ3) is 7.76. The highest BCUT2D eigenvalue weighted by atomic mass is 16.7. The zero-order valence-electron chi connectivity index (χ0n) is 33.5. The highest BCUT2D eigenvalue weighted by molar-refractivity contribution is 5.92. The zero-order valence-corrected chi connectivity index (χ0v) is 33.5. The van der Waals surface area contributed by atoms with Gasteiger partial charge in [-0.3, -0.25) is 4.79 Å². The summed E-state index contributed by atoms with van der Waals surface area (Å²) in [6.45, 7) is 9.56. The molecule has 6 aliphatic rings. The van der Waals surface area contributed by atoms with Crippen LogP contribution in [0.5, 0.6) is 0 Å². The largest absolute Gasteiger partial charge is 0.469 e. The van der Waals surface area contributed by atoms with Gasteiger partial charge in [0.05, 0.1) is 55.1 Å². The summed E-state index contributed by atoms with van der Waals surface area (Å²) in [4.78, 5) is 13.9. The van der Waals surface area contributed by atoms with Crippen LogP contribution < -0.4 is 0 Å². The van der Waals surface area contributed by atoms with E-state index in [1.54, 1.807) is 41.2 Å². The molecule has 0 aromatic carbocycles. The van der Waals surface area contributed by atoms with Crippen molar-refractivity contribution in [3.05, 3.63) is 35.3 Å². The lowest BCUT2D eigenvalue weighted by molar-refractivity contribution is -0.339. The number of hydrogen-bond donors (Lipinski definition) is 3. The predicted octanol–water partition coefficient (Wildman–Crippen LogP) is 3.83. The molecule has 0 radical (unpaired) electrons. The van der Waals surface area contributed by atoms with Gasteiger partial charge in [0.2, 0.25) is 0 Å². The fraction of sp³-hybridized carbons (Fsp3) is 0.829. The van der Waals surface area contributed by atoms with Gasteiger partial charge in [-0.15, -0.1) is 0 Å². The minimum atomic E-state index is -1.55. The minimum absolute atomic E-state index is 0.00964. The number of hydrogen-bond acceptors (Lipinski definition) is 14. The van der Waals surface area contributed by atoms with Gasteiger partial charge in [-0.25, -0.2) is 0 Å². The summed E-state index contributed by atoms with van der Waals surface area (Å²) in [6.07, 6.45) is 0.230. The third-order valence-corrected chi connectivity index (χ3v) is 13.8. The Bertz CT molecular complexity index is 1510. The molecule has 310 valence electrons. The second kappa shape index (κ2) is 16.5. The average molecular weight is 779 g/mol. The minimum Gasteiger partial charge on any atom is -0.469 e. The van der Waals surface area contributed by atoms with Gasteiger partial charge in [0, 0.05) is 52.1 Å². The van der Waals surface area contributed by atoms with E-state index in [2.05, 4.69) is 13.0 Å². The van der Waals surface area contributed by atoms with Crippen LogP contribution in [-0.2, 0) is 53.0 Å². The number of carbonyl (C=O) groups excluding carboxylic acids is 1. The van der Waals surface area contributed by atoms with E-state index in [0.29, 0.717) is 62.7 Å². The van der Waals surface area contributed by atoms with Crippen LogP contribution in [0.4, 0.5) is 0 Å². The molecule has 0 unspecified atom stereocenters. The number of methoxy groups -OCH3 is 3. The number of furan rings is 1. The molecule has 3 aliphatic carbocycles. The van der Waals surface area contributed by atoms with Crippen molar-refractivity contribution in [1.82, 2.24) is 0 Å². The SMILES string of the molecule is CO[C@H]1C[C@H](O[C@H]2[C@H](C)O[C@@H](O[C@@H]3[C@@H](OC)C[C@H](O[C@H]4CC5=CC[C@H]6C(=O)[C@@](O)(c7ccoc7C)CC[C@@H]6[C@]5(C)C[C@H]4O)O[C@@H]3C)C[C@@H]2OC)O[C@H](C)[C@H]1O. The summed E-state index contributed by atoms with van der Waals surface area (Å²) in [7, 11) is 4.84. The van der Waals surface area contributed by atoms with Crippen molar-refractivity contribution in [2.24, 2.45) is 17.3 Å². The molecular weight excluding hydrogens is 716 g/mol. The molecule has 2 saturated carbocycles. The summed E-state index contributed by atoms with van der Waals surface area (Å²) >= 11 is 0. The number of ketones is 1. The van der Waals surface area contributed by atoms with Crippen molar-refractivity contribution in [3.8, 4) is 0 Å². The van der Waals surface area contributed by atoms with Gasteiger partial charge < -0.3 is 62.4 Å². The smallest absolute Gasteiger partial charge is 0.172 e. The highest BCUT2D eigenvalue weighted by Gasteiger charge is 2.58. The van der Waals surface area contributed by atoms with Gasteiger partial charge in [-0.1, -0.05) is 18.6 Å². The lowest BCUT2D eigenvalue weighted by atomic mass is 9.51. The normalized spacial score (nSPS) is 47.8. The first-order valence-corrected chi connectivity index (χ1v) is 20.1. The lowest BCUT2D eigenvalue weighted by Gasteiger charge is -2.55. The van der Waals surface area contributed by atoms with E-state index in [1.165, 1.54) is 11.8 Å². The maximum atomic E-state index is 13.9. The van der Waals surface area contributed by atoms with E-state index in [-0.39, 0.29) is 29.8 Å². The van der Waals surface area contributed by atoms with Crippen molar-refractivity contribution in [1.29, 1.82) is 0 Å². The van der Waals surface area contributed by atoms with Gasteiger partial charge >= 0.3 is 0 Å². The first-order valence-electron chi connectivity index (χ1n) is 20.1. The Morgan fingerprint density at radius 2 is 1.36 bits per heavy atom. The molecule has 5 fully saturated rings. The number of aryl methyl sites for hydroxylation is 1. The van der Waals surface area contributed by atoms with Crippen LogP contribution >= 0.6 is 0 Å². The fourth-order valence-corrected chi connectivity index (χ4v) is 10.6. The molecule has 1 aromatic heterocycles. The summed E-state index contributed by atoms with van der Waals surface area (Å²) in [5.41, 5.74) is -0.202. The predicted molar refractivity (Wildman–Crippen MR) is 194 cm³/mol. The monoisotopic (exact) mass is 778 g/mol. The molecular formula is C41H62O14. The molecule has 1 aromatic rings. The quantitative estimate of drug-likeness (QED) is 0.293. The molecule has 14 heteroatoms. The molecule has 18 atom stereocenters. The number of aliphatic hydroxyl groups excluding tert-OH is 2. The maximum Gasteiger partial charge on any atom is 0.172 e. The molecule has 14 nitrogen and oxygen atoms in total. The van der Waals surface area contributed by atoms with E-state index in [0.717, 1.165) is 0 Å². The Labute approximate surface area is 324 Å². The highest BCUT2D eigenvalue weighted by Crippen LogP contribution is 2.58. The molecule has 0 amide bonds. The van der Waals surface area contributed by atoms with Crippen LogP contribution in [-0.4, -0.2) is 128 Å². The van der Waals surface area contributed by atoms with E-state index in [1.807, 2.05) is 13.8 Å². The summed E-state index contributed by atoms with van der Waals surface area (Å²) < 4.78 is 60.8. The fourth-order valence-electron chi connectivity index (χ4n) is 10.6. The number of allylic oxidation sites excluding steroid dienone is 1. The second-order valence-electron chi connectivity index (χ2n) is 16.9. The molecule has 55 heavy (non-hydrogen) atoms. The lowest BCUT2D eigenvalue weighted by Crippen LogP contribution is -2.58. The number of aliphatic hydroxyl groups is 3. The first kappa shape index (κ1) is 41.4. The van der Waals surface area contributed by atoms with Crippen LogP contribution in [0.25, 0.3) is 0 Å². The Kier molecular flexibility index (Phi) is 12.4. The summed E-state index contributed by atoms with van der Waals surface area (Å²) in [5.74, 6) is 0.0782. The third-order valence-electron chi connectivity index (χ3n) is 13.8. The number of ether oxygens (including phenoxy) is 9. The molecule has 0 bridgehead atoms. The van der Waals surface area contributed by atoms with Gasteiger partial charge in [0.25, 0.3) is 0 Å². The Hall–Kier alpha value is -1.79. The Morgan fingerprint density at radius 3 is 1.93 bits per heavy atom. The zero-order chi connectivity index (χ0) is 39.4. The van der Waals surface area contributed by atoms with Gasteiger partial charge in [0.1, 0.15) is 24.1 Å². The molecule has 3 N–H and O–H groups in total. The topological polar surface area (TPSA) is 174 Å².